The summed E-state index contributed by atoms with van der Waals surface area (Å²) in [6.07, 6.45) is 0. The summed E-state index contributed by atoms with van der Waals surface area (Å²) in [7, 11) is 3.70. The fraction of sp³-hybridized carbons (Fsp3) is 0.200. The zero-order valence-corrected chi connectivity index (χ0v) is 11.0. The molecule has 0 radical (unpaired) electrons. The molecule has 0 spiro atoms. The van der Waals surface area contributed by atoms with Gasteiger partial charge < -0.3 is 15.4 Å². The van der Waals surface area contributed by atoms with Gasteiger partial charge in [0.05, 0.1) is 12.8 Å². The second kappa shape index (κ2) is 5.00. The van der Waals surface area contributed by atoms with Crippen molar-refractivity contribution < 1.29 is 4.74 Å². The van der Waals surface area contributed by atoms with Gasteiger partial charge in [0.2, 0.25) is 0 Å². The summed E-state index contributed by atoms with van der Waals surface area (Å²) in [5.41, 5.74) is 9.79. The normalized spacial score (nSPS) is 10.2. The van der Waals surface area contributed by atoms with E-state index in [9.17, 15) is 0 Å². The van der Waals surface area contributed by atoms with E-state index in [0.29, 0.717) is 0 Å². The van der Waals surface area contributed by atoms with E-state index in [-0.39, 0.29) is 0 Å². The Morgan fingerprint density at radius 1 is 1.06 bits per heavy atom. The maximum Gasteiger partial charge on any atom is 0.142 e. The minimum Gasteiger partial charge on any atom is -0.495 e. The van der Waals surface area contributed by atoms with Crippen LogP contribution < -0.4 is 15.4 Å². The lowest BCUT2D eigenvalue weighted by Crippen LogP contribution is -2.11. The standard InChI is InChI=1S/C15H18N2O/c1-11-4-9-15(18-3)14(10-11)17(2)13-7-5-12(16)6-8-13/h4-10H,16H2,1-3H3. The lowest BCUT2D eigenvalue weighted by Gasteiger charge is -2.22. The molecule has 2 aromatic rings. The molecule has 2 rings (SSSR count). The third kappa shape index (κ3) is 2.40. The molecular formula is C15H18N2O. The van der Waals surface area contributed by atoms with E-state index in [1.807, 2.05) is 43.4 Å². The van der Waals surface area contributed by atoms with Crippen LogP contribution in [0.25, 0.3) is 0 Å². The van der Waals surface area contributed by atoms with Crippen LogP contribution in [-0.2, 0) is 0 Å². The number of hydrogen-bond acceptors (Lipinski definition) is 3. The van der Waals surface area contributed by atoms with E-state index in [0.717, 1.165) is 22.8 Å². The molecule has 0 heterocycles. The number of methoxy groups -OCH3 is 1. The molecule has 0 saturated heterocycles. The number of nitrogen functional groups attached to an aromatic ring is 1. The first kappa shape index (κ1) is 12.3. The SMILES string of the molecule is COc1ccc(C)cc1N(C)c1ccc(N)cc1. The highest BCUT2D eigenvalue weighted by Gasteiger charge is 2.10. The quantitative estimate of drug-likeness (QED) is 0.839. The Balaban J connectivity index is 2.41. The molecule has 0 aliphatic rings. The topological polar surface area (TPSA) is 38.5 Å². The molecule has 0 saturated carbocycles. The van der Waals surface area contributed by atoms with Crippen LogP contribution in [0.1, 0.15) is 5.56 Å². The summed E-state index contributed by atoms with van der Waals surface area (Å²) in [6, 6.07) is 13.9. The van der Waals surface area contributed by atoms with Gasteiger partial charge in [-0.15, -0.1) is 0 Å². The summed E-state index contributed by atoms with van der Waals surface area (Å²) in [5, 5.41) is 0. The van der Waals surface area contributed by atoms with E-state index in [4.69, 9.17) is 10.5 Å². The van der Waals surface area contributed by atoms with E-state index in [1.165, 1.54) is 5.56 Å². The van der Waals surface area contributed by atoms with Gasteiger partial charge in [0, 0.05) is 18.4 Å². The lowest BCUT2D eigenvalue weighted by molar-refractivity contribution is 0.415. The van der Waals surface area contributed by atoms with Crippen molar-refractivity contribution in [2.45, 2.75) is 6.92 Å². The van der Waals surface area contributed by atoms with Gasteiger partial charge in [0.15, 0.2) is 0 Å². The molecule has 0 aliphatic heterocycles. The fourth-order valence-electron chi connectivity index (χ4n) is 1.90. The third-order valence-electron chi connectivity index (χ3n) is 2.98. The largest absolute Gasteiger partial charge is 0.495 e. The first-order valence-corrected chi connectivity index (χ1v) is 5.85. The van der Waals surface area contributed by atoms with E-state index < -0.39 is 0 Å². The Labute approximate surface area is 108 Å². The molecule has 3 heteroatoms. The van der Waals surface area contributed by atoms with Gasteiger partial charge in [-0.05, 0) is 48.9 Å². The Morgan fingerprint density at radius 2 is 1.72 bits per heavy atom. The predicted molar refractivity (Wildman–Crippen MR) is 76.6 cm³/mol. The van der Waals surface area contributed by atoms with Gasteiger partial charge in [0.1, 0.15) is 5.75 Å². The molecule has 0 atom stereocenters. The number of nitrogens with zero attached hydrogens (tertiary/aromatic N) is 1. The van der Waals surface area contributed by atoms with E-state index in [1.54, 1.807) is 7.11 Å². The molecule has 18 heavy (non-hydrogen) atoms. The van der Waals surface area contributed by atoms with Gasteiger partial charge in [0.25, 0.3) is 0 Å². The van der Waals surface area contributed by atoms with Crippen LogP contribution in [-0.4, -0.2) is 14.2 Å². The molecule has 0 unspecified atom stereocenters. The Bertz CT molecular complexity index is 535. The van der Waals surface area contributed by atoms with E-state index in [2.05, 4.69) is 17.9 Å². The van der Waals surface area contributed by atoms with Crippen molar-refractivity contribution in [3.8, 4) is 5.75 Å². The van der Waals surface area contributed by atoms with Gasteiger partial charge >= 0.3 is 0 Å². The van der Waals surface area contributed by atoms with E-state index >= 15 is 0 Å². The number of nitrogens with two attached hydrogens (primary N) is 1. The number of hydrogen-bond donors (Lipinski definition) is 1. The van der Waals surface area contributed by atoms with Crippen LogP contribution >= 0.6 is 0 Å². The summed E-state index contributed by atoms with van der Waals surface area (Å²) >= 11 is 0. The Kier molecular flexibility index (Phi) is 3.42. The van der Waals surface area contributed by atoms with Crippen LogP contribution in [0.15, 0.2) is 42.5 Å². The molecule has 2 N–H and O–H groups in total. The average Bonchev–Trinajstić information content (AvgIpc) is 2.39. The first-order valence-electron chi connectivity index (χ1n) is 5.85. The zero-order valence-electron chi connectivity index (χ0n) is 11.0. The molecular weight excluding hydrogens is 224 g/mol. The smallest absolute Gasteiger partial charge is 0.142 e. The summed E-state index contributed by atoms with van der Waals surface area (Å²) in [6.45, 7) is 2.07. The summed E-state index contributed by atoms with van der Waals surface area (Å²) in [4.78, 5) is 2.09. The molecule has 0 aromatic heterocycles. The van der Waals surface area contributed by atoms with Crippen LogP contribution in [0.4, 0.5) is 17.1 Å². The van der Waals surface area contributed by atoms with Gasteiger partial charge in [-0.2, -0.15) is 0 Å². The number of ether oxygens (including phenoxy) is 1. The van der Waals surface area contributed by atoms with Crippen LogP contribution in [0.3, 0.4) is 0 Å². The minimum atomic E-state index is 0.767. The summed E-state index contributed by atoms with van der Waals surface area (Å²) in [5.74, 6) is 0.861. The number of benzene rings is 2. The zero-order chi connectivity index (χ0) is 13.1. The van der Waals surface area contributed by atoms with Crippen LogP contribution in [0, 0.1) is 6.92 Å². The first-order chi connectivity index (χ1) is 8.61. The fourth-order valence-corrected chi connectivity index (χ4v) is 1.90. The Morgan fingerprint density at radius 3 is 2.33 bits per heavy atom. The van der Waals surface area contributed by atoms with Gasteiger partial charge in [-0.1, -0.05) is 6.07 Å². The van der Waals surface area contributed by atoms with Crippen molar-refractivity contribution in [1.29, 1.82) is 0 Å². The third-order valence-corrected chi connectivity index (χ3v) is 2.98. The van der Waals surface area contributed by atoms with Crippen molar-refractivity contribution >= 4 is 17.1 Å². The molecule has 94 valence electrons. The maximum absolute atomic E-state index is 5.70. The summed E-state index contributed by atoms with van der Waals surface area (Å²) < 4.78 is 5.40. The predicted octanol–water partition coefficient (Wildman–Crippen LogP) is 3.35. The second-order valence-corrected chi connectivity index (χ2v) is 4.33. The van der Waals surface area contributed by atoms with Gasteiger partial charge in [-0.25, -0.2) is 0 Å². The maximum atomic E-state index is 5.70. The monoisotopic (exact) mass is 242 g/mol. The minimum absolute atomic E-state index is 0.767. The molecule has 3 nitrogen and oxygen atoms in total. The molecule has 0 aliphatic carbocycles. The van der Waals surface area contributed by atoms with Crippen molar-refractivity contribution in [3.63, 3.8) is 0 Å². The number of rotatable bonds is 3. The molecule has 0 bridgehead atoms. The van der Waals surface area contributed by atoms with Crippen molar-refractivity contribution in [3.05, 3.63) is 48.0 Å². The lowest BCUT2D eigenvalue weighted by atomic mass is 10.1. The number of aryl methyl sites for hydroxylation is 1. The van der Waals surface area contributed by atoms with Crippen LogP contribution in [0.2, 0.25) is 0 Å². The highest BCUT2D eigenvalue weighted by Crippen LogP contribution is 2.33. The Hall–Kier alpha value is -2.16. The van der Waals surface area contributed by atoms with Crippen LogP contribution in [0.5, 0.6) is 5.75 Å². The highest BCUT2D eigenvalue weighted by atomic mass is 16.5. The van der Waals surface area contributed by atoms with Crippen molar-refractivity contribution in [2.75, 3.05) is 24.8 Å². The highest BCUT2D eigenvalue weighted by molar-refractivity contribution is 5.70. The van der Waals surface area contributed by atoms with Crippen molar-refractivity contribution in [2.24, 2.45) is 0 Å². The molecule has 2 aromatic carbocycles. The van der Waals surface area contributed by atoms with Gasteiger partial charge in [-0.3, -0.25) is 0 Å². The number of anilines is 3. The molecule has 0 fully saturated rings. The molecule has 0 amide bonds. The average molecular weight is 242 g/mol. The van der Waals surface area contributed by atoms with Crippen molar-refractivity contribution in [1.82, 2.24) is 0 Å². The second-order valence-electron chi connectivity index (χ2n) is 4.33.